The van der Waals surface area contributed by atoms with E-state index < -0.39 is 0 Å². The lowest BCUT2D eigenvalue weighted by molar-refractivity contribution is -0.119. The summed E-state index contributed by atoms with van der Waals surface area (Å²) in [5.41, 5.74) is 0.380. The average Bonchev–Trinajstić information content (AvgIpc) is 3.88. The van der Waals surface area contributed by atoms with Crippen LogP contribution in [0.4, 0.5) is 0 Å². The molecule has 2 saturated heterocycles. The van der Waals surface area contributed by atoms with Crippen molar-refractivity contribution < 1.29 is 34.9 Å². The normalized spacial score (nSPS) is 42.3. The first-order valence-corrected chi connectivity index (χ1v) is 16.6. The molecule has 6 aliphatic rings. The fourth-order valence-electron chi connectivity index (χ4n) is 7.38. The van der Waals surface area contributed by atoms with Crippen molar-refractivity contribution in [3.8, 4) is 0 Å². The summed E-state index contributed by atoms with van der Waals surface area (Å²) in [6.07, 6.45) is 19.9. The Morgan fingerprint density at radius 1 is 0.564 bits per heavy atom. The van der Waals surface area contributed by atoms with Gasteiger partial charge in [0.25, 0.3) is 0 Å². The standard InChI is InChI=1S/C27H48O4.2C3H6O.4H2/c1-27(2,19-11-15-21(16-12-19)30-25-9-5-3-7-23(25)28)20-13-17-22(18-14-20)31-26-10-6-4-8-24(26)29;2*1-3-2-4-3;;;;/h19-26,28-29H,3-18H2,1-2H3;2*3H,2H2,1H3;4*1H. The summed E-state index contributed by atoms with van der Waals surface area (Å²) < 4.78 is 22.1. The SMILES string of the molecule is CC(C)(C1CCC(OC2CCCCC2O)CC1)C1CCC(OC2CCCCC2O)CC1.CC1CO1.CC1CO1.[HH].[HH].[HH].[HH]. The number of epoxide rings is 2. The van der Waals surface area contributed by atoms with Gasteiger partial charge in [-0.2, -0.15) is 0 Å². The average molecular weight is 561 g/mol. The van der Waals surface area contributed by atoms with Crippen molar-refractivity contribution in [2.24, 2.45) is 17.3 Å². The summed E-state index contributed by atoms with van der Waals surface area (Å²) >= 11 is 0. The van der Waals surface area contributed by atoms with Gasteiger partial charge in [0.2, 0.25) is 0 Å². The first-order chi connectivity index (χ1) is 18.7. The molecular formula is C33H68O6. The van der Waals surface area contributed by atoms with Gasteiger partial charge in [-0.25, -0.2) is 0 Å². The molecule has 0 aromatic rings. The Morgan fingerprint density at radius 2 is 0.872 bits per heavy atom. The second kappa shape index (κ2) is 15.3. The van der Waals surface area contributed by atoms with E-state index in [1.807, 2.05) is 0 Å². The molecule has 2 N–H and O–H groups in total. The number of aliphatic hydroxyl groups excluding tert-OH is 2. The van der Waals surface area contributed by atoms with Crippen LogP contribution in [0.3, 0.4) is 0 Å². The minimum atomic E-state index is -0.241. The Labute approximate surface area is 244 Å². The molecule has 39 heavy (non-hydrogen) atoms. The van der Waals surface area contributed by atoms with E-state index in [-0.39, 0.29) is 30.1 Å². The van der Waals surface area contributed by atoms with Crippen LogP contribution in [0, 0.1) is 17.3 Å². The lowest BCUT2D eigenvalue weighted by atomic mass is 9.60. The summed E-state index contributed by atoms with van der Waals surface area (Å²) in [4.78, 5) is 0. The first kappa shape index (κ1) is 31.7. The molecule has 4 saturated carbocycles. The molecule has 6 atom stereocenters. The summed E-state index contributed by atoms with van der Waals surface area (Å²) in [5, 5.41) is 20.5. The molecule has 236 valence electrons. The zero-order valence-corrected chi connectivity index (χ0v) is 25.5. The third-order valence-corrected chi connectivity index (χ3v) is 10.5. The van der Waals surface area contributed by atoms with Gasteiger partial charge >= 0.3 is 0 Å². The molecule has 6 heteroatoms. The van der Waals surface area contributed by atoms with Crippen molar-refractivity contribution in [3.63, 3.8) is 0 Å². The smallest absolute Gasteiger partial charge is 0.0837 e. The summed E-state index contributed by atoms with van der Waals surface area (Å²) in [5.74, 6) is 1.57. The second-order valence-corrected chi connectivity index (χ2v) is 14.1. The Kier molecular flexibility index (Phi) is 12.4. The quantitative estimate of drug-likeness (QED) is 0.326. The highest BCUT2D eigenvalue weighted by Gasteiger charge is 2.42. The van der Waals surface area contributed by atoms with Crippen LogP contribution in [-0.2, 0) is 18.9 Å². The molecule has 2 heterocycles. The Bertz CT molecular complexity index is 639. The highest BCUT2D eigenvalue weighted by atomic mass is 16.6. The lowest BCUT2D eigenvalue weighted by Crippen LogP contribution is -2.42. The fourth-order valence-corrected chi connectivity index (χ4v) is 7.38. The highest BCUT2D eigenvalue weighted by molar-refractivity contribution is 4.92. The molecule has 6 nitrogen and oxygen atoms in total. The van der Waals surface area contributed by atoms with Crippen molar-refractivity contribution in [3.05, 3.63) is 0 Å². The van der Waals surface area contributed by atoms with Gasteiger partial charge in [0.05, 0.1) is 62.0 Å². The van der Waals surface area contributed by atoms with Crippen LogP contribution in [-0.4, -0.2) is 72.3 Å². The van der Waals surface area contributed by atoms with E-state index in [4.69, 9.17) is 18.9 Å². The maximum atomic E-state index is 10.2. The van der Waals surface area contributed by atoms with E-state index in [0.29, 0.717) is 29.8 Å². The molecule has 6 fully saturated rings. The number of aliphatic hydroxyl groups is 2. The Morgan fingerprint density at radius 3 is 1.15 bits per heavy atom. The zero-order valence-electron chi connectivity index (χ0n) is 25.5. The minimum absolute atomic E-state index is 0. The van der Waals surface area contributed by atoms with Crippen LogP contribution in [0.15, 0.2) is 0 Å². The van der Waals surface area contributed by atoms with Crippen molar-refractivity contribution in [2.45, 2.75) is 179 Å². The number of hydrogen-bond donors (Lipinski definition) is 2. The van der Waals surface area contributed by atoms with Gasteiger partial charge in [0.1, 0.15) is 0 Å². The van der Waals surface area contributed by atoms with Crippen molar-refractivity contribution >= 4 is 0 Å². The Balaban J connectivity index is 0.00000128. The number of hydrogen-bond acceptors (Lipinski definition) is 6. The molecule has 0 aromatic heterocycles. The molecule has 0 radical (unpaired) electrons. The first-order valence-electron chi connectivity index (χ1n) is 16.6. The molecule has 4 aliphatic carbocycles. The maximum Gasteiger partial charge on any atom is 0.0837 e. The van der Waals surface area contributed by atoms with Crippen molar-refractivity contribution in [2.75, 3.05) is 13.2 Å². The largest absolute Gasteiger partial charge is 0.390 e. The van der Waals surface area contributed by atoms with E-state index in [9.17, 15) is 10.2 Å². The van der Waals surface area contributed by atoms with Gasteiger partial charge in [-0.1, -0.05) is 39.5 Å². The molecule has 0 spiro atoms. The van der Waals surface area contributed by atoms with Crippen LogP contribution < -0.4 is 0 Å². The van der Waals surface area contributed by atoms with E-state index in [2.05, 4.69) is 27.7 Å². The molecule has 0 aromatic carbocycles. The van der Waals surface area contributed by atoms with Crippen molar-refractivity contribution in [1.29, 1.82) is 0 Å². The highest BCUT2D eigenvalue weighted by Crippen LogP contribution is 2.49. The molecular weight excluding hydrogens is 492 g/mol. The summed E-state index contributed by atoms with van der Waals surface area (Å²) in [6.45, 7) is 11.1. The van der Waals surface area contributed by atoms with Gasteiger partial charge in [0, 0.05) is 5.71 Å². The number of ether oxygens (including phenoxy) is 4. The van der Waals surface area contributed by atoms with Crippen LogP contribution in [0.1, 0.15) is 136 Å². The topological polar surface area (TPSA) is 84.0 Å². The molecule has 2 aliphatic heterocycles. The molecule has 0 amide bonds. The van der Waals surface area contributed by atoms with E-state index in [0.717, 1.165) is 89.3 Å². The minimum Gasteiger partial charge on any atom is -0.390 e. The van der Waals surface area contributed by atoms with Crippen LogP contribution in [0.25, 0.3) is 0 Å². The monoisotopic (exact) mass is 561 g/mol. The van der Waals surface area contributed by atoms with Gasteiger partial charge in [-0.05, 0) is 108 Å². The van der Waals surface area contributed by atoms with Gasteiger partial charge in [0.15, 0.2) is 0 Å². The van der Waals surface area contributed by atoms with Gasteiger partial charge < -0.3 is 29.2 Å². The predicted octanol–water partition coefficient (Wildman–Crippen LogP) is 7.56. The zero-order chi connectivity index (χ0) is 27.8. The Hall–Kier alpha value is -0.240. The van der Waals surface area contributed by atoms with E-state index in [1.54, 1.807) is 0 Å². The van der Waals surface area contributed by atoms with Crippen LogP contribution >= 0.6 is 0 Å². The van der Waals surface area contributed by atoms with E-state index in [1.165, 1.54) is 38.5 Å². The fraction of sp³-hybridized carbons (Fsp3) is 1.00. The van der Waals surface area contributed by atoms with Crippen LogP contribution in [0.5, 0.6) is 0 Å². The second-order valence-electron chi connectivity index (χ2n) is 14.1. The molecule has 0 bridgehead atoms. The number of rotatable bonds is 6. The summed E-state index contributed by atoms with van der Waals surface area (Å²) in [6, 6.07) is 0. The molecule has 6 rings (SSSR count). The maximum absolute atomic E-state index is 10.2. The van der Waals surface area contributed by atoms with Crippen LogP contribution in [0.2, 0.25) is 0 Å². The lowest BCUT2D eigenvalue weighted by Gasteiger charge is -2.47. The van der Waals surface area contributed by atoms with Gasteiger partial charge in [-0.15, -0.1) is 0 Å². The third-order valence-electron chi connectivity index (χ3n) is 10.5. The van der Waals surface area contributed by atoms with Gasteiger partial charge in [-0.3, -0.25) is 0 Å². The van der Waals surface area contributed by atoms with Crippen molar-refractivity contribution in [1.82, 2.24) is 0 Å². The summed E-state index contributed by atoms with van der Waals surface area (Å²) in [7, 11) is 0. The molecule has 6 unspecified atom stereocenters. The van der Waals surface area contributed by atoms with E-state index >= 15 is 0 Å². The predicted molar refractivity (Wildman–Crippen MR) is 163 cm³/mol. The third kappa shape index (κ3) is 10.5.